The molecule has 0 heterocycles. The number of hydrogen-bond donors (Lipinski definition) is 2. The van der Waals surface area contributed by atoms with E-state index in [1.54, 1.807) is 0 Å². The normalized spacial score (nSPS) is 25.8. The van der Waals surface area contributed by atoms with Gasteiger partial charge in [-0.1, -0.05) is 0 Å². The monoisotopic (exact) mass is 339 g/mol. The average molecular weight is 339 g/mol. The molecule has 2 N–H and O–H groups in total. The zero-order valence-corrected chi connectivity index (χ0v) is 12.3. The fraction of sp³-hybridized carbons (Fsp3) is 0.909. The highest BCUT2D eigenvalue weighted by atomic mass is 127. The molecule has 94 valence electrons. The number of carbonyl (C=O) groups is 1. The molecule has 1 aliphatic rings. The van der Waals surface area contributed by atoms with Crippen molar-refractivity contribution < 1.29 is 4.79 Å². The molecule has 0 radical (unpaired) electrons. The van der Waals surface area contributed by atoms with Gasteiger partial charge in [0.25, 0.3) is 0 Å². The zero-order chi connectivity index (χ0) is 12.0. The van der Waals surface area contributed by atoms with Crippen molar-refractivity contribution in [3.63, 3.8) is 0 Å². The number of halogens is 1. The van der Waals surface area contributed by atoms with Crippen LogP contribution < -0.4 is 8.85 Å². The van der Waals surface area contributed by atoms with E-state index in [9.17, 15) is 4.79 Å². The van der Waals surface area contributed by atoms with Crippen LogP contribution in [0, 0.1) is 0 Å². The van der Waals surface area contributed by atoms with E-state index < -0.39 is 0 Å². The predicted octanol–water partition coefficient (Wildman–Crippen LogP) is 1.31. The van der Waals surface area contributed by atoms with Crippen LogP contribution in [0.2, 0.25) is 0 Å². The zero-order valence-electron chi connectivity index (χ0n) is 10.1. The van der Waals surface area contributed by atoms with Crippen LogP contribution in [0.4, 0.5) is 0 Å². The van der Waals surface area contributed by atoms with E-state index in [2.05, 4.69) is 31.7 Å². The minimum atomic E-state index is 0.194. The van der Waals surface area contributed by atoms with Gasteiger partial charge in [0, 0.05) is 47.9 Å². The summed E-state index contributed by atoms with van der Waals surface area (Å²) in [5, 5.41) is 3.12. The van der Waals surface area contributed by atoms with Gasteiger partial charge in [-0.25, -0.2) is 0 Å². The summed E-state index contributed by atoms with van der Waals surface area (Å²) in [4.78, 5) is 13.7. The van der Waals surface area contributed by atoms with E-state index >= 15 is 0 Å². The molecule has 4 nitrogen and oxygen atoms in total. The summed E-state index contributed by atoms with van der Waals surface area (Å²) >= 11 is 2.22. The number of rotatable bonds is 5. The first kappa shape index (κ1) is 14.2. The van der Waals surface area contributed by atoms with Crippen LogP contribution in [-0.4, -0.2) is 43.5 Å². The largest absolute Gasteiger partial charge is 0.353 e. The SMILES string of the molecule is CN(C)CCC(=O)N[C@H]1CC[C@H](NI)CC1. The van der Waals surface area contributed by atoms with Crippen LogP contribution in [0.15, 0.2) is 0 Å². The van der Waals surface area contributed by atoms with Crippen LogP contribution >= 0.6 is 22.9 Å². The molecule has 0 unspecified atom stereocenters. The van der Waals surface area contributed by atoms with Gasteiger partial charge >= 0.3 is 0 Å². The average Bonchev–Trinajstić information content (AvgIpc) is 2.27. The lowest BCUT2D eigenvalue weighted by atomic mass is 9.92. The molecule has 0 aromatic rings. The van der Waals surface area contributed by atoms with E-state index in [4.69, 9.17) is 0 Å². The van der Waals surface area contributed by atoms with Gasteiger partial charge in [-0.2, -0.15) is 0 Å². The van der Waals surface area contributed by atoms with E-state index in [-0.39, 0.29) is 5.91 Å². The molecule has 0 atom stereocenters. The van der Waals surface area contributed by atoms with Gasteiger partial charge in [0.2, 0.25) is 5.91 Å². The molecular weight excluding hydrogens is 317 g/mol. The lowest BCUT2D eigenvalue weighted by molar-refractivity contribution is -0.122. The highest BCUT2D eigenvalue weighted by Gasteiger charge is 2.21. The highest BCUT2D eigenvalue weighted by Crippen LogP contribution is 2.19. The maximum absolute atomic E-state index is 11.6. The standard InChI is InChI=1S/C11H22IN3O/c1-15(2)8-7-11(16)13-9-3-5-10(14-12)6-4-9/h9-10,14H,3-8H2,1-2H3,(H,13,16)/t9-,10-. The van der Waals surface area contributed by atoms with Crippen molar-refractivity contribution in [3.05, 3.63) is 0 Å². The molecule has 1 aliphatic carbocycles. The van der Waals surface area contributed by atoms with E-state index in [1.807, 2.05) is 19.0 Å². The van der Waals surface area contributed by atoms with Gasteiger partial charge in [-0.05, 0) is 39.8 Å². The maximum atomic E-state index is 11.6. The van der Waals surface area contributed by atoms with Gasteiger partial charge in [0.1, 0.15) is 0 Å². The summed E-state index contributed by atoms with van der Waals surface area (Å²) in [6.45, 7) is 0.830. The van der Waals surface area contributed by atoms with Crippen molar-refractivity contribution in [2.45, 2.75) is 44.2 Å². The van der Waals surface area contributed by atoms with Crippen LogP contribution in [0.3, 0.4) is 0 Å². The van der Waals surface area contributed by atoms with Gasteiger partial charge in [0.05, 0.1) is 0 Å². The first-order chi connectivity index (χ1) is 7.61. The minimum Gasteiger partial charge on any atom is -0.353 e. The minimum absolute atomic E-state index is 0.194. The molecule has 16 heavy (non-hydrogen) atoms. The Bertz CT molecular complexity index is 215. The second-order valence-electron chi connectivity index (χ2n) is 4.78. The van der Waals surface area contributed by atoms with Gasteiger partial charge in [-0.15, -0.1) is 0 Å². The number of amides is 1. The summed E-state index contributed by atoms with van der Waals surface area (Å²) in [6, 6.07) is 1.03. The summed E-state index contributed by atoms with van der Waals surface area (Å²) in [5.41, 5.74) is 0. The van der Waals surface area contributed by atoms with E-state index in [1.165, 1.54) is 12.8 Å². The van der Waals surface area contributed by atoms with Crippen molar-refractivity contribution in [2.24, 2.45) is 0 Å². The molecule has 1 rings (SSSR count). The molecule has 0 spiro atoms. The number of hydrogen-bond acceptors (Lipinski definition) is 3. The Balaban J connectivity index is 2.15. The molecule has 0 bridgehead atoms. The Morgan fingerprint density at radius 3 is 2.31 bits per heavy atom. The van der Waals surface area contributed by atoms with Crippen molar-refractivity contribution in [2.75, 3.05) is 20.6 Å². The van der Waals surface area contributed by atoms with E-state index in [0.29, 0.717) is 18.5 Å². The second-order valence-corrected chi connectivity index (χ2v) is 5.40. The Morgan fingerprint density at radius 2 is 1.81 bits per heavy atom. The van der Waals surface area contributed by atoms with Crippen LogP contribution in [0.25, 0.3) is 0 Å². The molecule has 1 fully saturated rings. The lowest BCUT2D eigenvalue weighted by Crippen LogP contribution is -2.41. The molecule has 5 heteroatoms. The summed E-state index contributed by atoms with van der Waals surface area (Å²) in [7, 11) is 3.98. The Labute approximate surface area is 112 Å². The number of carbonyl (C=O) groups excluding carboxylic acids is 1. The predicted molar refractivity (Wildman–Crippen MR) is 74.5 cm³/mol. The van der Waals surface area contributed by atoms with Crippen LogP contribution in [0.1, 0.15) is 32.1 Å². The van der Waals surface area contributed by atoms with Crippen molar-refractivity contribution in [1.82, 2.24) is 13.7 Å². The lowest BCUT2D eigenvalue weighted by Gasteiger charge is -2.28. The first-order valence-electron chi connectivity index (χ1n) is 5.92. The van der Waals surface area contributed by atoms with Crippen molar-refractivity contribution in [3.8, 4) is 0 Å². The van der Waals surface area contributed by atoms with Gasteiger partial charge in [0.15, 0.2) is 0 Å². The van der Waals surface area contributed by atoms with Crippen molar-refractivity contribution >= 4 is 28.8 Å². The van der Waals surface area contributed by atoms with Crippen molar-refractivity contribution in [1.29, 1.82) is 0 Å². The maximum Gasteiger partial charge on any atom is 0.221 e. The van der Waals surface area contributed by atoms with Gasteiger partial charge in [-0.3, -0.25) is 8.32 Å². The molecule has 1 amide bonds. The Morgan fingerprint density at radius 1 is 1.25 bits per heavy atom. The third-order valence-corrected chi connectivity index (χ3v) is 3.91. The quantitative estimate of drug-likeness (QED) is 0.586. The molecule has 0 aromatic heterocycles. The second kappa shape index (κ2) is 7.45. The summed E-state index contributed by atoms with van der Waals surface area (Å²) in [6.07, 6.45) is 5.16. The van der Waals surface area contributed by atoms with Crippen LogP contribution in [-0.2, 0) is 4.79 Å². The molecular formula is C11H22IN3O. The molecule has 0 aromatic carbocycles. The fourth-order valence-corrected chi connectivity index (χ4v) is 2.59. The topological polar surface area (TPSA) is 44.4 Å². The summed E-state index contributed by atoms with van der Waals surface area (Å²) < 4.78 is 3.27. The Kier molecular flexibility index (Phi) is 6.60. The number of nitrogens with zero attached hydrogens (tertiary/aromatic N) is 1. The summed E-state index contributed by atoms with van der Waals surface area (Å²) in [5.74, 6) is 0.194. The third kappa shape index (κ3) is 5.45. The number of nitrogens with one attached hydrogen (secondary N) is 2. The van der Waals surface area contributed by atoms with Gasteiger partial charge < -0.3 is 10.2 Å². The van der Waals surface area contributed by atoms with E-state index in [0.717, 1.165) is 19.4 Å². The highest BCUT2D eigenvalue weighted by molar-refractivity contribution is 14.1. The third-order valence-electron chi connectivity index (χ3n) is 3.03. The molecule has 0 aliphatic heterocycles. The molecule has 1 saturated carbocycles. The smallest absolute Gasteiger partial charge is 0.221 e. The molecule has 0 saturated heterocycles. The fourth-order valence-electron chi connectivity index (χ4n) is 1.97. The Hall–Kier alpha value is 0.120. The first-order valence-corrected chi connectivity index (χ1v) is 7.00. The van der Waals surface area contributed by atoms with Crippen LogP contribution in [0.5, 0.6) is 0 Å².